The highest BCUT2D eigenvalue weighted by atomic mass is 14.7. The normalized spacial score (nSPS) is 23.9. The van der Waals surface area contributed by atoms with Crippen LogP contribution in [-0.4, -0.2) is 5.71 Å². The highest BCUT2D eigenvalue weighted by molar-refractivity contribution is 5.85. The van der Waals surface area contributed by atoms with Gasteiger partial charge in [-0.3, -0.25) is 0 Å². The maximum Gasteiger partial charge on any atom is 0.205 e. The van der Waals surface area contributed by atoms with Crippen molar-refractivity contribution in [1.29, 1.82) is 5.26 Å². The minimum atomic E-state index is 0.476. The zero-order valence-corrected chi connectivity index (χ0v) is 14.6. The molecule has 0 saturated heterocycles. The summed E-state index contributed by atoms with van der Waals surface area (Å²) < 4.78 is 0. The molecule has 0 unspecified atom stereocenters. The molecule has 0 aromatic heterocycles. The predicted molar refractivity (Wildman–Crippen MR) is 91.3 cm³/mol. The molecule has 2 heteroatoms. The van der Waals surface area contributed by atoms with E-state index in [0.29, 0.717) is 5.41 Å². The molecular weight excluding hydrogens is 256 g/mol. The van der Waals surface area contributed by atoms with Crippen molar-refractivity contribution in [3.05, 3.63) is 0 Å². The molecule has 1 saturated carbocycles. The van der Waals surface area contributed by atoms with Gasteiger partial charge in [0.1, 0.15) is 0 Å². The van der Waals surface area contributed by atoms with Crippen molar-refractivity contribution in [2.24, 2.45) is 22.2 Å². The second-order valence-electron chi connectivity index (χ2n) is 8.07. The van der Waals surface area contributed by atoms with Crippen LogP contribution in [0.4, 0.5) is 0 Å². The van der Waals surface area contributed by atoms with Crippen LogP contribution in [0.3, 0.4) is 0 Å². The molecule has 0 radical (unpaired) electrons. The van der Waals surface area contributed by atoms with Gasteiger partial charge in [0.2, 0.25) is 6.19 Å². The van der Waals surface area contributed by atoms with Crippen LogP contribution in [0.2, 0.25) is 0 Å². The van der Waals surface area contributed by atoms with Crippen LogP contribution in [0.5, 0.6) is 0 Å². The number of hydrogen-bond donors (Lipinski definition) is 0. The van der Waals surface area contributed by atoms with Crippen molar-refractivity contribution < 1.29 is 0 Å². The standard InChI is InChI=1S/C19H34N2/c1-5-6-7-18(21-15-20)13-12-16-8-10-17(11-9-16)14-19(2,3)4/h16-17H,5-14H2,1-4H3. The van der Waals surface area contributed by atoms with E-state index in [4.69, 9.17) is 5.26 Å². The van der Waals surface area contributed by atoms with Gasteiger partial charge in [0, 0.05) is 5.71 Å². The summed E-state index contributed by atoms with van der Waals surface area (Å²) in [5.41, 5.74) is 1.61. The van der Waals surface area contributed by atoms with Crippen molar-refractivity contribution in [3.63, 3.8) is 0 Å². The molecule has 120 valence electrons. The van der Waals surface area contributed by atoms with Crippen molar-refractivity contribution in [2.45, 2.75) is 91.9 Å². The maximum absolute atomic E-state index is 8.78. The van der Waals surface area contributed by atoms with Gasteiger partial charge in [-0.15, -0.1) is 0 Å². The van der Waals surface area contributed by atoms with E-state index in [1.807, 2.05) is 6.19 Å². The van der Waals surface area contributed by atoms with Crippen LogP contribution >= 0.6 is 0 Å². The highest BCUT2D eigenvalue weighted by Gasteiger charge is 2.25. The largest absolute Gasteiger partial charge is 0.205 e. The van der Waals surface area contributed by atoms with Crippen molar-refractivity contribution in [3.8, 4) is 6.19 Å². The molecule has 0 N–H and O–H groups in total. The van der Waals surface area contributed by atoms with Gasteiger partial charge in [-0.2, -0.15) is 10.3 Å². The number of rotatable bonds is 7. The lowest BCUT2D eigenvalue weighted by molar-refractivity contribution is 0.201. The van der Waals surface area contributed by atoms with E-state index in [0.717, 1.165) is 30.4 Å². The van der Waals surface area contributed by atoms with E-state index >= 15 is 0 Å². The molecule has 1 aliphatic rings. The third-order valence-corrected chi connectivity index (χ3v) is 4.74. The van der Waals surface area contributed by atoms with E-state index in [1.54, 1.807) is 0 Å². The summed E-state index contributed by atoms with van der Waals surface area (Å²) >= 11 is 0. The Bertz CT molecular complexity index is 349. The molecule has 1 fully saturated rings. The van der Waals surface area contributed by atoms with Crippen LogP contribution in [0, 0.1) is 28.7 Å². The smallest absolute Gasteiger partial charge is 0.183 e. The fourth-order valence-electron chi connectivity index (χ4n) is 3.65. The van der Waals surface area contributed by atoms with Crippen LogP contribution in [-0.2, 0) is 0 Å². The predicted octanol–water partition coefficient (Wildman–Crippen LogP) is 6.12. The third-order valence-electron chi connectivity index (χ3n) is 4.74. The first kappa shape index (κ1) is 18.2. The Morgan fingerprint density at radius 2 is 1.71 bits per heavy atom. The van der Waals surface area contributed by atoms with Crippen molar-refractivity contribution in [2.75, 3.05) is 0 Å². The van der Waals surface area contributed by atoms with Gasteiger partial charge >= 0.3 is 0 Å². The lowest BCUT2D eigenvalue weighted by atomic mass is 9.73. The summed E-state index contributed by atoms with van der Waals surface area (Å²) in [6.07, 6.45) is 14.6. The summed E-state index contributed by atoms with van der Waals surface area (Å²) in [6, 6.07) is 0. The molecule has 0 aromatic carbocycles. The lowest BCUT2D eigenvalue weighted by Crippen LogP contribution is -2.20. The maximum atomic E-state index is 8.78. The SMILES string of the molecule is CCCCC(CCC1CCC(CC(C)(C)C)CC1)=NC#N. The zero-order valence-electron chi connectivity index (χ0n) is 14.6. The second kappa shape index (κ2) is 9.23. The van der Waals surface area contributed by atoms with Gasteiger partial charge in [-0.1, -0.05) is 59.8 Å². The zero-order chi connectivity index (χ0) is 15.7. The fraction of sp³-hybridized carbons (Fsp3) is 0.895. The van der Waals surface area contributed by atoms with Gasteiger partial charge in [0.25, 0.3) is 0 Å². The molecule has 0 aromatic rings. The Hall–Kier alpha value is -0.840. The van der Waals surface area contributed by atoms with Crippen LogP contribution in [0.1, 0.15) is 91.9 Å². The molecule has 21 heavy (non-hydrogen) atoms. The average Bonchev–Trinajstić information content (AvgIpc) is 2.42. The number of aliphatic imine (C=N–C) groups is 1. The van der Waals surface area contributed by atoms with Crippen molar-refractivity contribution in [1.82, 2.24) is 0 Å². The van der Waals surface area contributed by atoms with E-state index in [1.165, 1.54) is 51.4 Å². The molecule has 1 aliphatic carbocycles. The first-order chi connectivity index (χ1) is 9.94. The molecule has 0 spiro atoms. The number of unbranched alkanes of at least 4 members (excludes halogenated alkanes) is 1. The molecule has 0 amide bonds. The second-order valence-corrected chi connectivity index (χ2v) is 8.07. The molecule has 0 aliphatic heterocycles. The van der Waals surface area contributed by atoms with Gasteiger partial charge in [0.15, 0.2) is 0 Å². The Morgan fingerprint density at radius 3 is 2.24 bits per heavy atom. The van der Waals surface area contributed by atoms with Crippen molar-refractivity contribution >= 4 is 5.71 Å². The number of nitrogens with zero attached hydrogens (tertiary/aromatic N) is 2. The van der Waals surface area contributed by atoms with Gasteiger partial charge in [0.05, 0.1) is 0 Å². The lowest BCUT2D eigenvalue weighted by Gasteiger charge is -2.32. The summed E-state index contributed by atoms with van der Waals surface area (Å²) in [7, 11) is 0. The first-order valence-corrected chi connectivity index (χ1v) is 8.89. The highest BCUT2D eigenvalue weighted by Crippen LogP contribution is 2.37. The number of hydrogen-bond acceptors (Lipinski definition) is 2. The third kappa shape index (κ3) is 8.24. The van der Waals surface area contributed by atoms with Crippen LogP contribution in [0.25, 0.3) is 0 Å². The summed E-state index contributed by atoms with van der Waals surface area (Å²) in [5, 5.41) is 8.78. The van der Waals surface area contributed by atoms with Gasteiger partial charge in [-0.05, 0) is 49.4 Å². The quantitative estimate of drug-likeness (QED) is 0.411. The molecule has 2 nitrogen and oxygen atoms in total. The van der Waals surface area contributed by atoms with Gasteiger partial charge in [-0.25, -0.2) is 0 Å². The summed E-state index contributed by atoms with van der Waals surface area (Å²) in [6.45, 7) is 9.27. The molecule has 0 bridgehead atoms. The van der Waals surface area contributed by atoms with E-state index in [9.17, 15) is 0 Å². The summed E-state index contributed by atoms with van der Waals surface area (Å²) in [4.78, 5) is 4.03. The first-order valence-electron chi connectivity index (χ1n) is 8.89. The molecule has 0 heterocycles. The average molecular weight is 290 g/mol. The molecule has 0 atom stereocenters. The van der Waals surface area contributed by atoms with E-state index in [-0.39, 0.29) is 0 Å². The van der Waals surface area contributed by atoms with E-state index < -0.39 is 0 Å². The summed E-state index contributed by atoms with van der Waals surface area (Å²) in [5.74, 6) is 1.81. The van der Waals surface area contributed by atoms with Crippen LogP contribution < -0.4 is 0 Å². The number of nitriles is 1. The van der Waals surface area contributed by atoms with Gasteiger partial charge < -0.3 is 0 Å². The minimum absolute atomic E-state index is 0.476. The molecular formula is C19H34N2. The van der Waals surface area contributed by atoms with E-state index in [2.05, 4.69) is 32.7 Å². The Labute approximate surface area is 132 Å². The molecule has 1 rings (SSSR count). The minimum Gasteiger partial charge on any atom is -0.183 e. The Kier molecular flexibility index (Phi) is 8.01. The topological polar surface area (TPSA) is 36.1 Å². The Balaban J connectivity index is 2.29. The van der Waals surface area contributed by atoms with Crippen LogP contribution in [0.15, 0.2) is 4.99 Å². The Morgan fingerprint density at radius 1 is 1.10 bits per heavy atom. The fourth-order valence-corrected chi connectivity index (χ4v) is 3.65. The monoisotopic (exact) mass is 290 g/mol.